The van der Waals surface area contributed by atoms with Gasteiger partial charge in [-0.15, -0.1) is 0 Å². The molecule has 0 saturated carbocycles. The first kappa shape index (κ1) is 80.7. The van der Waals surface area contributed by atoms with E-state index in [0.717, 1.165) is 154 Å². The van der Waals surface area contributed by atoms with Crippen molar-refractivity contribution in [2.45, 2.75) is 232 Å². The van der Waals surface area contributed by atoms with Crippen LogP contribution in [0.1, 0.15) is 213 Å². The first-order chi connectivity index (χ1) is 41.2. The van der Waals surface area contributed by atoms with E-state index in [0.29, 0.717) is 19.3 Å². The topological polar surface area (TPSA) is 231 Å². The van der Waals surface area contributed by atoms with Gasteiger partial charge in [-0.3, -0.25) is 32.5 Å². The maximum Gasteiger partial charge on any atom is 0.472 e. The van der Waals surface area contributed by atoms with Gasteiger partial charge in [0.2, 0.25) is 0 Å². The second-order valence-corrected chi connectivity index (χ2v) is 23.3. The van der Waals surface area contributed by atoms with E-state index in [9.17, 15) is 43.5 Å². The normalized spacial score (nSPS) is 15.2. The summed E-state index contributed by atoms with van der Waals surface area (Å²) in [6.07, 6.45) is 68.1. The number of carbonyl (C=O) groups excluding carboxylic acids is 3. The highest BCUT2D eigenvalue weighted by Gasteiger charge is 2.29. The summed E-state index contributed by atoms with van der Waals surface area (Å²) >= 11 is 0. The van der Waals surface area contributed by atoms with Gasteiger partial charge < -0.3 is 34.2 Å². The van der Waals surface area contributed by atoms with Crippen LogP contribution >= 0.6 is 15.6 Å². The predicted octanol–water partition coefficient (Wildman–Crippen LogP) is 16.9. The van der Waals surface area contributed by atoms with Gasteiger partial charge >= 0.3 is 33.6 Å². The lowest BCUT2D eigenvalue weighted by Gasteiger charge is -2.21. The molecule has 0 aromatic carbocycles. The predicted molar refractivity (Wildman–Crippen MR) is 343 cm³/mol. The molecule has 0 heterocycles. The molecule has 16 nitrogen and oxygen atoms in total. The molecular weight excluding hydrogens is 1120 g/mol. The maximum atomic E-state index is 12.9. The van der Waals surface area contributed by atoms with E-state index < -0.39 is 91.5 Å². The summed E-state index contributed by atoms with van der Waals surface area (Å²) in [5, 5.41) is 20.5. The smallest absolute Gasteiger partial charge is 0.463 e. The molecule has 18 heteroatoms. The first-order valence-electron chi connectivity index (χ1n) is 31.5. The van der Waals surface area contributed by atoms with Gasteiger partial charge in [0.05, 0.1) is 26.4 Å². The molecule has 5 atom stereocenters. The Morgan fingerprint density at radius 3 is 1.01 bits per heavy atom. The van der Waals surface area contributed by atoms with Gasteiger partial charge in [-0.05, 0) is 128 Å². The van der Waals surface area contributed by atoms with Crippen molar-refractivity contribution >= 4 is 33.6 Å². The van der Waals surface area contributed by atoms with E-state index in [1.54, 1.807) is 0 Å². The number of hydrogen-bond donors (Lipinski definition) is 4. The molecule has 0 aliphatic heterocycles. The van der Waals surface area contributed by atoms with Crippen molar-refractivity contribution in [2.24, 2.45) is 0 Å². The molecule has 85 heavy (non-hydrogen) atoms. The molecule has 0 spiro atoms. The molecule has 0 saturated heterocycles. The highest BCUT2D eigenvalue weighted by atomic mass is 31.2. The summed E-state index contributed by atoms with van der Waals surface area (Å²) in [7, 11) is -9.80. The van der Waals surface area contributed by atoms with Crippen LogP contribution in [0.3, 0.4) is 0 Å². The molecule has 0 amide bonds. The number of aliphatic hydroxyl groups is 2. The Hall–Kier alpha value is -4.31. The number of ether oxygens (including phenoxy) is 3. The summed E-state index contributed by atoms with van der Waals surface area (Å²) in [4.78, 5) is 58.2. The molecule has 4 N–H and O–H groups in total. The minimum absolute atomic E-state index is 0.0792. The molecular formula is C67H110O16P2. The zero-order valence-electron chi connectivity index (χ0n) is 52.0. The Kier molecular flexibility index (Phi) is 57.0. The van der Waals surface area contributed by atoms with Crippen LogP contribution in [0.5, 0.6) is 0 Å². The number of esters is 3. The van der Waals surface area contributed by atoms with Gasteiger partial charge in [0.25, 0.3) is 0 Å². The van der Waals surface area contributed by atoms with Crippen LogP contribution < -0.4 is 0 Å². The molecule has 5 unspecified atom stereocenters. The van der Waals surface area contributed by atoms with Crippen molar-refractivity contribution in [2.75, 3.05) is 39.6 Å². The van der Waals surface area contributed by atoms with Crippen LogP contribution in [0.2, 0.25) is 0 Å². The zero-order chi connectivity index (χ0) is 62.4. The molecule has 0 aliphatic rings. The second kappa shape index (κ2) is 60.0. The van der Waals surface area contributed by atoms with Crippen molar-refractivity contribution in [3.8, 4) is 0 Å². The Morgan fingerprint density at radius 2 is 0.624 bits per heavy atom. The fourth-order valence-corrected chi connectivity index (χ4v) is 9.15. The number of phosphoric ester groups is 2. The third-order valence-corrected chi connectivity index (χ3v) is 14.2. The molecule has 0 radical (unpaired) electrons. The molecule has 0 bridgehead atoms. The van der Waals surface area contributed by atoms with Crippen LogP contribution in [0, 0.1) is 0 Å². The molecule has 484 valence electrons. The summed E-state index contributed by atoms with van der Waals surface area (Å²) < 4.78 is 60.6. The van der Waals surface area contributed by atoms with Gasteiger partial charge in [-0.25, -0.2) is 9.13 Å². The van der Waals surface area contributed by atoms with Crippen molar-refractivity contribution in [1.29, 1.82) is 0 Å². The van der Waals surface area contributed by atoms with E-state index in [1.807, 2.05) is 0 Å². The van der Waals surface area contributed by atoms with Crippen molar-refractivity contribution in [3.05, 3.63) is 134 Å². The van der Waals surface area contributed by atoms with E-state index >= 15 is 0 Å². The summed E-state index contributed by atoms with van der Waals surface area (Å²) in [6, 6.07) is 0. The third-order valence-electron chi connectivity index (χ3n) is 12.3. The highest BCUT2D eigenvalue weighted by molar-refractivity contribution is 7.47. The number of allylic oxidation sites excluding steroid dienone is 22. The van der Waals surface area contributed by atoms with Crippen LogP contribution in [-0.2, 0) is 55.8 Å². The van der Waals surface area contributed by atoms with E-state index in [4.69, 9.17) is 32.3 Å². The lowest BCUT2D eigenvalue weighted by atomic mass is 10.1. The first-order valence-corrected chi connectivity index (χ1v) is 34.5. The quantitative estimate of drug-likeness (QED) is 0.0146. The van der Waals surface area contributed by atoms with E-state index in [2.05, 4.69) is 154 Å². The summed E-state index contributed by atoms with van der Waals surface area (Å²) in [6.45, 7) is 2.24. The van der Waals surface area contributed by atoms with Crippen LogP contribution in [0.25, 0.3) is 0 Å². The molecule has 0 fully saturated rings. The van der Waals surface area contributed by atoms with Crippen molar-refractivity contribution < 1.29 is 75.8 Å². The number of phosphoric acid groups is 2. The minimum atomic E-state index is -4.93. The number of hydrogen-bond acceptors (Lipinski definition) is 14. The maximum absolute atomic E-state index is 12.9. The zero-order valence-corrected chi connectivity index (χ0v) is 53.8. The monoisotopic (exact) mass is 1230 g/mol. The molecule has 0 aliphatic carbocycles. The van der Waals surface area contributed by atoms with Gasteiger partial charge in [0, 0.05) is 19.3 Å². The van der Waals surface area contributed by atoms with Crippen molar-refractivity contribution in [3.63, 3.8) is 0 Å². The highest BCUT2D eigenvalue weighted by Crippen LogP contribution is 2.45. The standard InChI is InChI=1S/C67H110O16P2/c1-4-7-10-13-16-19-22-25-27-28-29-30-31-32-34-37-38-41-44-47-50-53-65(70)77-56-62(68)57-79-84(73,74)80-58-63(69)59-81-85(75,76)82-61-64(83-67(72)55-52-49-46-43-40-35-24-21-18-15-12-9-6-3)60-78-66(71)54-51-48-45-42-39-36-33-26-23-20-17-14-11-8-5-2/h7-8,10-12,15-17,19-21,24-27,29-30,32-34,38,41,62-64,68-69H,4-6,9,13-14,18,22-23,28,31,35-37,39-40,42-61H2,1-3H3,(H,73,74)(H,75,76)/b10-7-,11-8-,15-12-,19-16-,20-17-,24-21-,27-25-,30-29-,33-26-,34-32-,41-38-. The van der Waals surface area contributed by atoms with Gasteiger partial charge in [-0.2, -0.15) is 0 Å². The Labute approximate surface area is 512 Å². The van der Waals surface area contributed by atoms with Crippen molar-refractivity contribution in [1.82, 2.24) is 0 Å². The molecule has 0 aromatic heterocycles. The lowest BCUT2D eigenvalue weighted by Crippen LogP contribution is -2.30. The largest absolute Gasteiger partial charge is 0.472 e. The average Bonchev–Trinajstić information content (AvgIpc) is 3.51. The van der Waals surface area contributed by atoms with Crippen LogP contribution in [0.15, 0.2) is 134 Å². The second-order valence-electron chi connectivity index (χ2n) is 20.4. The van der Waals surface area contributed by atoms with Gasteiger partial charge in [0.1, 0.15) is 25.4 Å². The summed E-state index contributed by atoms with van der Waals surface area (Å²) in [5.74, 6) is -1.66. The fourth-order valence-electron chi connectivity index (χ4n) is 7.56. The van der Waals surface area contributed by atoms with Gasteiger partial charge in [-0.1, -0.05) is 199 Å². The Morgan fingerprint density at radius 1 is 0.341 bits per heavy atom. The third kappa shape index (κ3) is 61.1. The number of unbranched alkanes of at least 4 members (excludes halogenated alkanes) is 13. The SMILES string of the molecule is CC/C=C\C/C=C\C/C=C\C/C=C\C/C=C\C/C=C\CCCCC(=O)OCC(O)COP(=O)(O)OCC(O)COP(=O)(O)OCC(COC(=O)CCCCCCC/C=C\C/C=C\C/C=C\CC)OC(=O)CCCCCCC/C=C\C/C=C\CCC. The van der Waals surface area contributed by atoms with Crippen LogP contribution in [-0.4, -0.2) is 95.9 Å². The lowest BCUT2D eigenvalue weighted by molar-refractivity contribution is -0.161. The number of aliphatic hydroxyl groups excluding tert-OH is 2. The summed E-state index contributed by atoms with van der Waals surface area (Å²) in [5.41, 5.74) is 0. The average molecular weight is 1230 g/mol. The number of carbonyl (C=O) groups is 3. The van der Waals surface area contributed by atoms with Crippen LogP contribution in [0.4, 0.5) is 0 Å². The van der Waals surface area contributed by atoms with E-state index in [1.165, 1.54) is 0 Å². The molecule has 0 aromatic rings. The number of rotatable bonds is 58. The van der Waals surface area contributed by atoms with Gasteiger partial charge in [0.15, 0.2) is 6.10 Å². The Balaban J connectivity index is 4.70. The molecule has 0 rings (SSSR count). The fraction of sp³-hybridized carbons (Fsp3) is 0.627. The minimum Gasteiger partial charge on any atom is -0.463 e. The Bertz CT molecular complexity index is 2090. The van der Waals surface area contributed by atoms with E-state index in [-0.39, 0.29) is 19.3 Å².